The van der Waals surface area contributed by atoms with Crippen LogP contribution in [0.25, 0.3) is 0 Å². The van der Waals surface area contributed by atoms with Crippen LogP contribution in [0.2, 0.25) is 5.28 Å². The summed E-state index contributed by atoms with van der Waals surface area (Å²) in [5.41, 5.74) is 0. The second-order valence-corrected chi connectivity index (χ2v) is 3.33. The summed E-state index contributed by atoms with van der Waals surface area (Å²) in [4.78, 5) is 14.7. The summed E-state index contributed by atoms with van der Waals surface area (Å²) in [6.07, 6.45) is 8.06. The van der Waals surface area contributed by atoms with Crippen LogP contribution < -0.4 is 0 Å². The average molecular weight is 274 g/mol. The van der Waals surface area contributed by atoms with E-state index >= 15 is 0 Å². The first kappa shape index (κ1) is 11.0. The molecule has 14 heavy (non-hydrogen) atoms. The Morgan fingerprint density at radius 2 is 1.64 bits per heavy atom. The Kier molecular flexibility index (Phi) is 5.03. The van der Waals surface area contributed by atoms with E-state index in [1.54, 1.807) is 30.9 Å². The molecule has 0 saturated heterocycles. The SMILES string of the molecule is Clc1ncc(Br)cn1.c1cncnc1. The molecule has 0 aliphatic carbocycles. The van der Waals surface area contributed by atoms with Crippen LogP contribution in [0.4, 0.5) is 0 Å². The van der Waals surface area contributed by atoms with Gasteiger partial charge in [0.1, 0.15) is 6.33 Å². The summed E-state index contributed by atoms with van der Waals surface area (Å²) in [5.74, 6) is 0. The molecule has 2 heterocycles. The van der Waals surface area contributed by atoms with Crippen molar-refractivity contribution in [3.8, 4) is 0 Å². The second-order valence-electron chi connectivity index (χ2n) is 2.07. The molecule has 72 valence electrons. The molecule has 0 amide bonds. The monoisotopic (exact) mass is 272 g/mol. The maximum absolute atomic E-state index is 5.37. The van der Waals surface area contributed by atoms with Crippen LogP contribution in [0.15, 0.2) is 41.7 Å². The van der Waals surface area contributed by atoms with E-state index < -0.39 is 0 Å². The fourth-order valence-electron chi connectivity index (χ4n) is 0.550. The van der Waals surface area contributed by atoms with Crippen LogP contribution >= 0.6 is 27.5 Å². The van der Waals surface area contributed by atoms with Crippen LogP contribution in [-0.4, -0.2) is 19.9 Å². The Balaban J connectivity index is 0.000000146. The van der Waals surface area contributed by atoms with Crippen LogP contribution in [0.3, 0.4) is 0 Å². The molecule has 0 fully saturated rings. The quantitative estimate of drug-likeness (QED) is 0.692. The molecule has 0 radical (unpaired) electrons. The van der Waals surface area contributed by atoms with Crippen molar-refractivity contribution in [2.24, 2.45) is 0 Å². The van der Waals surface area contributed by atoms with Gasteiger partial charge in [-0.3, -0.25) is 0 Å². The van der Waals surface area contributed by atoms with E-state index in [4.69, 9.17) is 11.6 Å². The molecule has 0 N–H and O–H groups in total. The zero-order valence-corrected chi connectivity index (χ0v) is 9.35. The highest BCUT2D eigenvalue weighted by atomic mass is 79.9. The van der Waals surface area contributed by atoms with Crippen molar-refractivity contribution in [1.29, 1.82) is 0 Å². The van der Waals surface area contributed by atoms with Gasteiger partial charge in [0.25, 0.3) is 0 Å². The largest absolute Gasteiger partial charge is 0.245 e. The first-order chi connectivity index (χ1) is 6.79. The van der Waals surface area contributed by atoms with E-state index in [9.17, 15) is 0 Å². The second kappa shape index (κ2) is 6.39. The highest BCUT2D eigenvalue weighted by molar-refractivity contribution is 9.10. The zero-order chi connectivity index (χ0) is 10.2. The van der Waals surface area contributed by atoms with Gasteiger partial charge in [-0.2, -0.15) is 0 Å². The van der Waals surface area contributed by atoms with Crippen molar-refractivity contribution in [3.05, 3.63) is 46.9 Å². The van der Waals surface area contributed by atoms with Crippen molar-refractivity contribution in [2.75, 3.05) is 0 Å². The van der Waals surface area contributed by atoms with Gasteiger partial charge in [-0.05, 0) is 33.6 Å². The summed E-state index contributed by atoms with van der Waals surface area (Å²) in [6.45, 7) is 0. The van der Waals surface area contributed by atoms with Gasteiger partial charge in [-0.25, -0.2) is 19.9 Å². The normalized spacial score (nSPS) is 8.71. The van der Waals surface area contributed by atoms with E-state index in [0.717, 1.165) is 4.47 Å². The minimum Gasteiger partial charge on any atom is -0.245 e. The third-order valence-electron chi connectivity index (χ3n) is 1.07. The molecule has 0 aliphatic heterocycles. The van der Waals surface area contributed by atoms with Crippen LogP contribution in [-0.2, 0) is 0 Å². The average Bonchev–Trinajstić information content (AvgIpc) is 2.26. The predicted octanol–water partition coefficient (Wildman–Crippen LogP) is 2.37. The molecule has 0 bridgehead atoms. The van der Waals surface area contributed by atoms with Gasteiger partial charge >= 0.3 is 0 Å². The van der Waals surface area contributed by atoms with Gasteiger partial charge in [0, 0.05) is 24.8 Å². The Morgan fingerprint density at radius 3 is 1.93 bits per heavy atom. The molecule has 0 unspecified atom stereocenters. The number of hydrogen-bond acceptors (Lipinski definition) is 4. The molecule has 0 atom stereocenters. The van der Waals surface area contributed by atoms with Gasteiger partial charge < -0.3 is 0 Å². The molecule has 2 rings (SSSR count). The van der Waals surface area contributed by atoms with Crippen LogP contribution in [0.1, 0.15) is 0 Å². The fraction of sp³-hybridized carbons (Fsp3) is 0. The van der Waals surface area contributed by atoms with Gasteiger partial charge in [0.05, 0.1) is 4.47 Å². The molecule has 6 heteroatoms. The molecular formula is C8H6BrClN4. The third kappa shape index (κ3) is 4.84. The van der Waals surface area contributed by atoms with Gasteiger partial charge in [0.15, 0.2) is 0 Å². The summed E-state index contributed by atoms with van der Waals surface area (Å²) >= 11 is 8.53. The molecule has 0 aromatic carbocycles. The van der Waals surface area contributed by atoms with Crippen molar-refractivity contribution >= 4 is 27.5 Å². The lowest BCUT2D eigenvalue weighted by atomic mass is 10.7. The molecular weight excluding hydrogens is 267 g/mol. The number of aromatic nitrogens is 4. The maximum atomic E-state index is 5.37. The molecule has 0 aliphatic rings. The van der Waals surface area contributed by atoms with Crippen molar-refractivity contribution < 1.29 is 0 Å². The van der Waals surface area contributed by atoms with E-state index in [-0.39, 0.29) is 5.28 Å². The lowest BCUT2D eigenvalue weighted by molar-refractivity contribution is 1.15. The van der Waals surface area contributed by atoms with Crippen molar-refractivity contribution in [1.82, 2.24) is 19.9 Å². The summed E-state index contributed by atoms with van der Waals surface area (Å²) < 4.78 is 0.835. The Hall–Kier alpha value is -1.07. The minimum atomic E-state index is 0.271. The van der Waals surface area contributed by atoms with Gasteiger partial charge in [-0.15, -0.1) is 0 Å². The number of rotatable bonds is 0. The first-order valence-electron chi connectivity index (χ1n) is 3.62. The number of nitrogens with zero attached hydrogens (tertiary/aromatic N) is 4. The Morgan fingerprint density at radius 1 is 1.07 bits per heavy atom. The van der Waals surface area contributed by atoms with Crippen LogP contribution in [0.5, 0.6) is 0 Å². The van der Waals surface area contributed by atoms with Crippen molar-refractivity contribution in [3.63, 3.8) is 0 Å². The smallest absolute Gasteiger partial charge is 0.222 e. The Labute approximate surface area is 94.5 Å². The standard InChI is InChI=1S/C4H2BrClN2.C4H4N2/c5-3-1-7-4(6)8-2-3;1-2-5-4-6-3-1/h1-2H;1-4H. The predicted molar refractivity (Wildman–Crippen MR) is 56.8 cm³/mol. The molecule has 4 nitrogen and oxygen atoms in total. The summed E-state index contributed by atoms with van der Waals surface area (Å²) in [6, 6.07) is 1.78. The molecule has 0 spiro atoms. The van der Waals surface area contributed by atoms with E-state index in [1.807, 2.05) is 0 Å². The van der Waals surface area contributed by atoms with Gasteiger partial charge in [0.2, 0.25) is 5.28 Å². The van der Waals surface area contributed by atoms with Gasteiger partial charge in [-0.1, -0.05) is 0 Å². The summed E-state index contributed by atoms with van der Waals surface area (Å²) in [7, 11) is 0. The molecule has 2 aromatic heterocycles. The lowest BCUT2D eigenvalue weighted by Crippen LogP contribution is -1.77. The molecule has 0 saturated carbocycles. The highest BCUT2D eigenvalue weighted by Gasteiger charge is 1.86. The van der Waals surface area contributed by atoms with E-state index in [2.05, 4.69) is 35.9 Å². The summed E-state index contributed by atoms with van der Waals surface area (Å²) in [5, 5.41) is 0.271. The fourth-order valence-corrected chi connectivity index (χ4v) is 0.852. The Bertz CT molecular complexity index is 306. The van der Waals surface area contributed by atoms with Crippen LogP contribution in [0, 0.1) is 0 Å². The maximum Gasteiger partial charge on any atom is 0.222 e. The minimum absolute atomic E-state index is 0.271. The first-order valence-corrected chi connectivity index (χ1v) is 4.79. The number of halogens is 2. The lowest BCUT2D eigenvalue weighted by Gasteiger charge is -1.85. The molecule has 2 aromatic rings. The topological polar surface area (TPSA) is 51.6 Å². The zero-order valence-electron chi connectivity index (χ0n) is 7.01. The number of hydrogen-bond donors (Lipinski definition) is 0. The van der Waals surface area contributed by atoms with E-state index in [0.29, 0.717) is 0 Å². The highest BCUT2D eigenvalue weighted by Crippen LogP contribution is 2.06. The van der Waals surface area contributed by atoms with E-state index in [1.165, 1.54) is 6.33 Å². The third-order valence-corrected chi connectivity index (χ3v) is 1.67. The van der Waals surface area contributed by atoms with Crippen molar-refractivity contribution in [2.45, 2.75) is 0 Å².